The molecule has 3 heterocycles. The molecule has 13 aromatic rings. The van der Waals surface area contributed by atoms with Crippen molar-refractivity contribution in [3.63, 3.8) is 0 Å². The Labute approximate surface area is 471 Å². The van der Waals surface area contributed by atoms with E-state index in [4.69, 9.17) is 4.42 Å². The summed E-state index contributed by atoms with van der Waals surface area (Å²) in [6.45, 7) is 4.65. The van der Waals surface area contributed by atoms with Crippen LogP contribution in [0.4, 0.5) is 0 Å². The Kier molecular flexibility index (Phi) is 13.3. The number of fused-ring (bicyclic) bond motifs is 12. The van der Waals surface area contributed by atoms with E-state index < -0.39 is 0 Å². The smallest absolute Gasteiger partial charge is 0.136 e. The molecule has 0 radical (unpaired) electrons. The Hall–Kier alpha value is -8.40. The van der Waals surface area contributed by atoms with Crippen LogP contribution in [0.25, 0.3) is 121 Å². The van der Waals surface area contributed by atoms with E-state index >= 15 is 0 Å². The fraction of sp³-hybridized carbons (Fsp3) is 0.221. The van der Waals surface area contributed by atoms with Gasteiger partial charge in [-0.25, -0.2) is 0 Å². The molecular weight excluding hydrogens is 969 g/mol. The van der Waals surface area contributed by atoms with E-state index in [0.29, 0.717) is 0 Å². The van der Waals surface area contributed by atoms with Gasteiger partial charge in [0.2, 0.25) is 0 Å². The normalized spacial score (nSPS) is 12.9. The van der Waals surface area contributed by atoms with Gasteiger partial charge in [0.25, 0.3) is 0 Å². The first kappa shape index (κ1) is 49.9. The Morgan fingerprint density at radius 1 is 0.300 bits per heavy atom. The molecule has 3 aromatic heterocycles. The maximum Gasteiger partial charge on any atom is 0.136 e. The van der Waals surface area contributed by atoms with Crippen LogP contribution in [-0.4, -0.2) is 9.13 Å². The molecule has 0 unspecified atom stereocenters. The molecule has 10 aromatic carbocycles. The second kappa shape index (κ2) is 21.3. The van der Waals surface area contributed by atoms with Crippen molar-refractivity contribution in [3.8, 4) is 55.9 Å². The van der Waals surface area contributed by atoms with E-state index in [2.05, 4.69) is 241 Å². The summed E-state index contributed by atoms with van der Waals surface area (Å²) in [5, 5.41) is 7.35. The van der Waals surface area contributed by atoms with Gasteiger partial charge in [0.1, 0.15) is 11.2 Å². The number of aromatic nitrogens is 2. The van der Waals surface area contributed by atoms with Crippen LogP contribution in [0.3, 0.4) is 0 Å². The van der Waals surface area contributed by atoms with Gasteiger partial charge in [-0.3, -0.25) is 0 Å². The molecular formula is C77H70N2O. The highest BCUT2D eigenvalue weighted by Crippen LogP contribution is 2.56. The highest BCUT2D eigenvalue weighted by molar-refractivity contribution is 6.11. The third-order valence-electron chi connectivity index (χ3n) is 18.1. The molecule has 0 bridgehead atoms. The average molecular weight is 1040 g/mol. The van der Waals surface area contributed by atoms with Crippen molar-refractivity contribution >= 4 is 65.6 Å². The summed E-state index contributed by atoms with van der Waals surface area (Å²) in [5.74, 6) is 0. The fourth-order valence-corrected chi connectivity index (χ4v) is 14.1. The second-order valence-electron chi connectivity index (χ2n) is 23.0. The van der Waals surface area contributed by atoms with E-state index in [0.717, 1.165) is 33.2 Å². The van der Waals surface area contributed by atoms with Crippen LogP contribution in [0, 0.1) is 0 Å². The van der Waals surface area contributed by atoms with Gasteiger partial charge in [-0.15, -0.1) is 0 Å². The molecule has 0 atom stereocenters. The lowest BCUT2D eigenvalue weighted by molar-refractivity contribution is 0.398. The Morgan fingerprint density at radius 2 is 0.725 bits per heavy atom. The van der Waals surface area contributed by atoms with E-state index in [1.54, 1.807) is 0 Å². The van der Waals surface area contributed by atoms with Crippen LogP contribution in [-0.2, 0) is 5.41 Å². The lowest BCUT2D eigenvalue weighted by Crippen LogP contribution is -2.25. The van der Waals surface area contributed by atoms with Gasteiger partial charge in [0.05, 0.1) is 22.1 Å². The maximum atomic E-state index is 6.67. The van der Waals surface area contributed by atoms with Crippen molar-refractivity contribution in [3.05, 3.63) is 230 Å². The Balaban J connectivity index is 0.840. The van der Waals surface area contributed by atoms with Gasteiger partial charge in [-0.1, -0.05) is 224 Å². The Morgan fingerprint density at radius 3 is 1.25 bits per heavy atom. The van der Waals surface area contributed by atoms with Gasteiger partial charge >= 0.3 is 0 Å². The minimum absolute atomic E-state index is 0.0177. The number of nitrogens with zero attached hydrogens (tertiary/aromatic N) is 2. The van der Waals surface area contributed by atoms with Crippen molar-refractivity contribution in [1.29, 1.82) is 0 Å². The van der Waals surface area contributed by atoms with Crippen LogP contribution < -0.4 is 0 Å². The summed E-state index contributed by atoms with van der Waals surface area (Å²) in [6, 6.07) is 82.0. The molecule has 0 amide bonds. The van der Waals surface area contributed by atoms with Crippen LogP contribution in [0.15, 0.2) is 223 Å². The van der Waals surface area contributed by atoms with Crippen LogP contribution in [0.1, 0.15) is 115 Å². The number of hydrogen-bond donors (Lipinski definition) is 0. The van der Waals surface area contributed by atoms with Crippen molar-refractivity contribution in [2.45, 2.75) is 109 Å². The molecule has 0 saturated carbocycles. The van der Waals surface area contributed by atoms with E-state index in [1.807, 2.05) is 0 Å². The molecule has 1 aliphatic carbocycles. The average Bonchev–Trinajstić information content (AvgIpc) is 4.38. The number of unbranched alkanes of at least 4 members (excludes halogenated alkanes) is 10. The first-order valence-electron chi connectivity index (χ1n) is 30.0. The lowest BCUT2D eigenvalue weighted by Gasteiger charge is -2.33. The summed E-state index contributed by atoms with van der Waals surface area (Å²) < 4.78 is 11.5. The van der Waals surface area contributed by atoms with E-state index in [-0.39, 0.29) is 5.41 Å². The minimum atomic E-state index is -0.0177. The number of benzene rings is 10. The molecule has 14 rings (SSSR count). The van der Waals surface area contributed by atoms with Crippen molar-refractivity contribution in [1.82, 2.24) is 9.13 Å². The zero-order valence-corrected chi connectivity index (χ0v) is 46.5. The van der Waals surface area contributed by atoms with Gasteiger partial charge in [0, 0.05) is 49.1 Å². The summed E-state index contributed by atoms with van der Waals surface area (Å²) in [7, 11) is 0. The topological polar surface area (TPSA) is 23.0 Å². The predicted octanol–water partition coefficient (Wildman–Crippen LogP) is 22.5. The third kappa shape index (κ3) is 8.74. The van der Waals surface area contributed by atoms with E-state index in [9.17, 15) is 0 Å². The molecule has 3 heteroatoms. The van der Waals surface area contributed by atoms with Gasteiger partial charge in [-0.2, -0.15) is 0 Å². The van der Waals surface area contributed by atoms with Crippen LogP contribution >= 0.6 is 0 Å². The minimum Gasteiger partial charge on any atom is -0.456 e. The molecule has 0 fully saturated rings. The largest absolute Gasteiger partial charge is 0.456 e. The maximum absolute atomic E-state index is 6.67. The summed E-state index contributed by atoms with van der Waals surface area (Å²) >= 11 is 0. The van der Waals surface area contributed by atoms with Crippen molar-refractivity contribution < 1.29 is 4.42 Å². The number of furan rings is 1. The van der Waals surface area contributed by atoms with E-state index in [1.165, 1.54) is 189 Å². The van der Waals surface area contributed by atoms with Gasteiger partial charge < -0.3 is 13.6 Å². The number of para-hydroxylation sites is 4. The highest BCUT2D eigenvalue weighted by Gasteiger charge is 2.42. The van der Waals surface area contributed by atoms with Crippen molar-refractivity contribution in [2.75, 3.05) is 0 Å². The number of rotatable bonds is 19. The quantitative estimate of drug-likeness (QED) is 0.0740. The molecule has 0 spiro atoms. The van der Waals surface area contributed by atoms with Gasteiger partial charge in [0.15, 0.2) is 0 Å². The second-order valence-corrected chi connectivity index (χ2v) is 23.0. The third-order valence-corrected chi connectivity index (χ3v) is 18.1. The predicted molar refractivity (Wildman–Crippen MR) is 341 cm³/mol. The monoisotopic (exact) mass is 1040 g/mol. The van der Waals surface area contributed by atoms with Crippen LogP contribution in [0.2, 0.25) is 0 Å². The first-order valence-corrected chi connectivity index (χ1v) is 30.0. The van der Waals surface area contributed by atoms with Crippen LogP contribution in [0.5, 0.6) is 0 Å². The molecule has 0 saturated heterocycles. The summed E-state index contributed by atoms with van der Waals surface area (Å²) in [4.78, 5) is 0. The first-order chi connectivity index (χ1) is 39.6. The summed E-state index contributed by atoms with van der Waals surface area (Å²) in [6.07, 6.45) is 18.0. The zero-order chi connectivity index (χ0) is 53.6. The molecule has 0 N–H and O–H groups in total. The Bertz CT molecular complexity index is 4300. The molecule has 1 aliphatic rings. The lowest BCUT2D eigenvalue weighted by atomic mass is 9.70. The molecule has 80 heavy (non-hydrogen) atoms. The number of hydrogen-bond acceptors (Lipinski definition) is 1. The summed E-state index contributed by atoms with van der Waals surface area (Å²) in [5.41, 5.74) is 22.2. The SMILES string of the molecule is CCCCCCCCC1(CCCCCCCC)c2ccc(-c3cccc(-c4ccc5c(c4)oc4ccc(-n6c7ccccc7c7ccccc76)cc45)c3)cc2-c2cc(-c3cccc(-n4c5ccccc5c5ccccc54)c3)ccc21. The van der Waals surface area contributed by atoms with Crippen molar-refractivity contribution in [2.24, 2.45) is 0 Å². The standard InChI is InChI=1S/C77H70N2O/c1-3-5-7-9-11-21-45-77(46-22-12-10-8-6-4-2)69-42-38-56(49-66(69)67-50-57(39-43-70(67)77)55-27-24-28-59(48-55)78-71-33-17-13-29-61(71)62-30-14-18-34-72(62)78)53-25-23-26-54(47-53)58-37-41-65-68-52-60(40-44-75(68)80-76(65)51-58)79-73-35-19-15-31-63(73)64-32-16-20-36-74(64)79/h13-20,23-44,47-52H,3-12,21-22,45-46H2,1-2H3. The van der Waals surface area contributed by atoms with Gasteiger partial charge in [-0.05, 0) is 153 Å². The molecule has 3 nitrogen and oxygen atoms in total. The zero-order valence-electron chi connectivity index (χ0n) is 46.5. The fourth-order valence-electron chi connectivity index (χ4n) is 14.1. The molecule has 0 aliphatic heterocycles. The molecule has 394 valence electrons. The highest BCUT2D eigenvalue weighted by atomic mass is 16.3.